The smallest absolute Gasteiger partial charge is 0.305 e. The molecular weight excluding hydrogens is 346 g/mol. The molecule has 1 aromatic carbocycles. The van der Waals surface area contributed by atoms with Crippen LogP contribution in [0.2, 0.25) is 0 Å². The number of carbonyl (C=O) groups is 3. The molecule has 0 aliphatic rings. The Bertz CT molecular complexity index is 650. The minimum Gasteiger partial charge on any atom is -0.481 e. The van der Waals surface area contributed by atoms with Gasteiger partial charge in [-0.2, -0.15) is 0 Å². The molecule has 0 unspecified atom stereocenters. The van der Waals surface area contributed by atoms with Gasteiger partial charge < -0.3 is 15.3 Å². The van der Waals surface area contributed by atoms with E-state index in [2.05, 4.69) is 5.32 Å². The van der Waals surface area contributed by atoms with E-state index in [0.717, 1.165) is 12.1 Å². The lowest BCUT2D eigenvalue weighted by Gasteiger charge is -2.22. The van der Waals surface area contributed by atoms with Gasteiger partial charge in [0, 0.05) is 32.0 Å². The van der Waals surface area contributed by atoms with Crippen LogP contribution in [-0.4, -0.2) is 40.4 Å². The summed E-state index contributed by atoms with van der Waals surface area (Å²) in [6.45, 7) is 3.59. The Morgan fingerprint density at radius 2 is 1.81 bits per heavy atom. The molecule has 0 saturated heterocycles. The molecule has 144 valence electrons. The van der Waals surface area contributed by atoms with Crippen LogP contribution in [0.1, 0.15) is 45.1 Å². The number of hydrogen-bond acceptors (Lipinski definition) is 3. The van der Waals surface area contributed by atoms with Gasteiger partial charge in [0.15, 0.2) is 11.6 Å². The Labute approximate surface area is 151 Å². The van der Waals surface area contributed by atoms with E-state index in [9.17, 15) is 23.2 Å². The summed E-state index contributed by atoms with van der Waals surface area (Å²) >= 11 is 0. The fraction of sp³-hybridized carbons (Fsp3) is 0.500. The van der Waals surface area contributed by atoms with Crippen molar-refractivity contribution in [2.45, 2.75) is 52.1 Å². The van der Waals surface area contributed by atoms with Crippen LogP contribution in [0.15, 0.2) is 18.2 Å². The molecule has 26 heavy (non-hydrogen) atoms. The van der Waals surface area contributed by atoms with Gasteiger partial charge in [0.05, 0.1) is 6.42 Å². The number of nitrogens with one attached hydrogen (secondary N) is 1. The molecule has 0 atom stereocenters. The Morgan fingerprint density at radius 1 is 1.12 bits per heavy atom. The lowest BCUT2D eigenvalue weighted by atomic mass is 10.1. The summed E-state index contributed by atoms with van der Waals surface area (Å²) in [5.41, 5.74) is 0.361. The first-order chi connectivity index (χ1) is 12.2. The number of aliphatic carboxylic acids is 1. The Kier molecular flexibility index (Phi) is 8.67. The van der Waals surface area contributed by atoms with Crippen molar-refractivity contribution in [3.8, 4) is 0 Å². The van der Waals surface area contributed by atoms with Gasteiger partial charge in [0.2, 0.25) is 11.8 Å². The Morgan fingerprint density at radius 3 is 2.38 bits per heavy atom. The molecule has 8 heteroatoms. The molecule has 0 radical (unpaired) electrons. The highest BCUT2D eigenvalue weighted by Gasteiger charge is 2.17. The molecule has 0 heterocycles. The lowest BCUT2D eigenvalue weighted by Crippen LogP contribution is -2.33. The molecule has 2 N–H and O–H groups in total. The predicted octanol–water partition coefficient (Wildman–Crippen LogP) is 2.46. The molecule has 0 aliphatic carbocycles. The zero-order valence-electron chi connectivity index (χ0n) is 14.9. The molecule has 0 aliphatic heterocycles. The van der Waals surface area contributed by atoms with Crippen molar-refractivity contribution in [3.05, 3.63) is 35.4 Å². The van der Waals surface area contributed by atoms with Crippen LogP contribution < -0.4 is 5.32 Å². The second kappa shape index (κ2) is 10.5. The molecule has 0 aromatic heterocycles. The van der Waals surface area contributed by atoms with Gasteiger partial charge in [0.25, 0.3) is 0 Å². The highest BCUT2D eigenvalue weighted by atomic mass is 19.2. The number of carboxylic acids is 1. The first-order valence-electron chi connectivity index (χ1n) is 8.42. The molecule has 0 saturated carbocycles. The molecule has 2 amide bonds. The van der Waals surface area contributed by atoms with Crippen molar-refractivity contribution in [1.82, 2.24) is 10.2 Å². The highest BCUT2D eigenvalue weighted by Crippen LogP contribution is 2.13. The van der Waals surface area contributed by atoms with Crippen molar-refractivity contribution in [3.63, 3.8) is 0 Å². The van der Waals surface area contributed by atoms with Gasteiger partial charge in [-0.1, -0.05) is 6.07 Å². The maximum Gasteiger partial charge on any atom is 0.305 e. The number of rotatable bonds is 10. The second-order valence-electron chi connectivity index (χ2n) is 6.28. The number of amides is 2. The molecule has 1 rings (SSSR count). The third-order valence-electron chi connectivity index (χ3n) is 3.55. The fourth-order valence-electron chi connectivity index (χ4n) is 2.33. The van der Waals surface area contributed by atoms with E-state index in [-0.39, 0.29) is 50.2 Å². The molecule has 0 fully saturated rings. The zero-order chi connectivity index (χ0) is 19.7. The van der Waals surface area contributed by atoms with Crippen LogP contribution in [0.5, 0.6) is 0 Å². The van der Waals surface area contributed by atoms with Crippen molar-refractivity contribution in [1.29, 1.82) is 0 Å². The fourth-order valence-corrected chi connectivity index (χ4v) is 2.33. The molecule has 6 nitrogen and oxygen atoms in total. The quantitative estimate of drug-likeness (QED) is 0.662. The number of nitrogens with zero attached hydrogens (tertiary/aromatic N) is 1. The van der Waals surface area contributed by atoms with Crippen LogP contribution in [0.25, 0.3) is 0 Å². The third kappa shape index (κ3) is 8.04. The SMILES string of the molecule is CC(C)NC(=O)CCCC(=O)N(CCC(=O)O)Cc1ccc(F)c(F)c1. The van der Waals surface area contributed by atoms with Crippen LogP contribution in [-0.2, 0) is 20.9 Å². The number of carboxylic acid groups (broad SMARTS) is 1. The molecular formula is C18H24F2N2O4. The summed E-state index contributed by atoms with van der Waals surface area (Å²) in [5, 5.41) is 11.5. The van der Waals surface area contributed by atoms with E-state index in [0.29, 0.717) is 12.0 Å². The Balaban J connectivity index is 2.65. The summed E-state index contributed by atoms with van der Waals surface area (Å²) in [4.78, 5) is 36.0. The van der Waals surface area contributed by atoms with E-state index in [1.54, 1.807) is 0 Å². The molecule has 0 spiro atoms. The van der Waals surface area contributed by atoms with Gasteiger partial charge in [0.1, 0.15) is 0 Å². The molecule has 1 aromatic rings. The van der Waals surface area contributed by atoms with Crippen molar-refractivity contribution < 1.29 is 28.3 Å². The predicted molar refractivity (Wildman–Crippen MR) is 91.2 cm³/mol. The van der Waals surface area contributed by atoms with Crippen LogP contribution in [0, 0.1) is 11.6 Å². The topological polar surface area (TPSA) is 86.7 Å². The van der Waals surface area contributed by atoms with Gasteiger partial charge in [-0.25, -0.2) is 8.78 Å². The van der Waals surface area contributed by atoms with Crippen molar-refractivity contribution >= 4 is 17.8 Å². The van der Waals surface area contributed by atoms with E-state index in [1.165, 1.54) is 11.0 Å². The number of benzene rings is 1. The van der Waals surface area contributed by atoms with Gasteiger partial charge >= 0.3 is 5.97 Å². The van der Waals surface area contributed by atoms with E-state index in [1.807, 2.05) is 13.8 Å². The van der Waals surface area contributed by atoms with Crippen LogP contribution in [0.3, 0.4) is 0 Å². The maximum atomic E-state index is 13.3. The molecule has 0 bridgehead atoms. The summed E-state index contributed by atoms with van der Waals surface area (Å²) < 4.78 is 26.3. The normalized spacial score (nSPS) is 10.7. The summed E-state index contributed by atoms with van der Waals surface area (Å²) in [5.74, 6) is -3.59. The number of halogens is 2. The maximum absolute atomic E-state index is 13.3. The average Bonchev–Trinajstić information content (AvgIpc) is 2.53. The standard InChI is InChI=1S/C18H24F2N2O4/c1-12(2)21-16(23)4-3-5-17(24)22(9-8-18(25)26)11-13-6-7-14(19)15(20)10-13/h6-7,10,12H,3-5,8-9,11H2,1-2H3,(H,21,23)(H,25,26). The largest absolute Gasteiger partial charge is 0.481 e. The van der Waals surface area contributed by atoms with Crippen molar-refractivity contribution in [2.24, 2.45) is 0 Å². The van der Waals surface area contributed by atoms with Gasteiger partial charge in [-0.15, -0.1) is 0 Å². The van der Waals surface area contributed by atoms with Crippen LogP contribution >= 0.6 is 0 Å². The van der Waals surface area contributed by atoms with Gasteiger partial charge in [-0.3, -0.25) is 14.4 Å². The highest BCUT2D eigenvalue weighted by molar-refractivity contribution is 5.79. The van der Waals surface area contributed by atoms with Gasteiger partial charge in [-0.05, 0) is 38.0 Å². The zero-order valence-corrected chi connectivity index (χ0v) is 14.9. The Hall–Kier alpha value is -2.51. The van der Waals surface area contributed by atoms with Crippen LogP contribution in [0.4, 0.5) is 8.78 Å². The lowest BCUT2D eigenvalue weighted by molar-refractivity contribution is -0.138. The third-order valence-corrected chi connectivity index (χ3v) is 3.55. The number of hydrogen-bond donors (Lipinski definition) is 2. The average molecular weight is 370 g/mol. The first-order valence-corrected chi connectivity index (χ1v) is 8.42. The first kappa shape index (κ1) is 21.5. The minimum absolute atomic E-state index is 0.0126. The summed E-state index contributed by atoms with van der Waals surface area (Å²) in [6.07, 6.45) is 0.304. The van der Waals surface area contributed by atoms with E-state index >= 15 is 0 Å². The van der Waals surface area contributed by atoms with Crippen molar-refractivity contribution in [2.75, 3.05) is 6.54 Å². The van der Waals surface area contributed by atoms with E-state index < -0.39 is 17.6 Å². The summed E-state index contributed by atoms with van der Waals surface area (Å²) in [6, 6.07) is 3.29. The number of carbonyl (C=O) groups excluding carboxylic acids is 2. The summed E-state index contributed by atoms with van der Waals surface area (Å²) in [7, 11) is 0. The monoisotopic (exact) mass is 370 g/mol. The second-order valence-corrected chi connectivity index (χ2v) is 6.28. The van der Waals surface area contributed by atoms with E-state index in [4.69, 9.17) is 5.11 Å². The minimum atomic E-state index is -1.07.